The number of halogens is 1. The van der Waals surface area contributed by atoms with Gasteiger partial charge < -0.3 is 9.88 Å². The maximum atomic E-state index is 6.15. The molecule has 2 nitrogen and oxygen atoms in total. The molecule has 1 N–H and O–H groups in total. The summed E-state index contributed by atoms with van der Waals surface area (Å²) in [5.41, 5.74) is 3.78. The molecule has 1 heterocycles. The summed E-state index contributed by atoms with van der Waals surface area (Å²) in [6, 6.07) is 16.6. The van der Waals surface area contributed by atoms with E-state index in [0.29, 0.717) is 0 Å². The second-order valence-corrected chi connectivity index (χ2v) is 5.40. The Morgan fingerprint density at radius 2 is 1.90 bits per heavy atom. The van der Waals surface area contributed by atoms with Gasteiger partial charge in [-0.2, -0.15) is 0 Å². The first-order valence-corrected chi connectivity index (χ1v) is 7.11. The summed E-state index contributed by atoms with van der Waals surface area (Å²) >= 11 is 6.15. The molecule has 0 bridgehead atoms. The van der Waals surface area contributed by atoms with Crippen molar-refractivity contribution in [2.24, 2.45) is 0 Å². The lowest BCUT2D eigenvalue weighted by molar-refractivity contribution is 0.795. The molecule has 3 rings (SSSR count). The molecule has 0 aliphatic rings. The van der Waals surface area contributed by atoms with Gasteiger partial charge in [0, 0.05) is 29.7 Å². The monoisotopic (exact) mass is 284 g/mol. The summed E-state index contributed by atoms with van der Waals surface area (Å²) in [7, 11) is 1.97. The van der Waals surface area contributed by atoms with Crippen LogP contribution in [0.4, 0.5) is 0 Å². The Hall–Kier alpha value is -1.77. The SMILES string of the molecule is CNCc1cn(Cc2ccccc2)c2cc(Cl)ccc12. The molecular formula is C17H17ClN2. The molecule has 0 aliphatic carbocycles. The van der Waals surface area contributed by atoms with Crippen LogP contribution in [0.1, 0.15) is 11.1 Å². The largest absolute Gasteiger partial charge is 0.343 e. The van der Waals surface area contributed by atoms with Crippen molar-refractivity contribution in [2.45, 2.75) is 13.1 Å². The molecule has 0 radical (unpaired) electrons. The van der Waals surface area contributed by atoms with Crippen LogP contribution in [0.25, 0.3) is 10.9 Å². The molecule has 20 heavy (non-hydrogen) atoms. The van der Waals surface area contributed by atoms with Crippen LogP contribution >= 0.6 is 11.6 Å². The third-order valence-corrected chi connectivity index (χ3v) is 3.72. The minimum absolute atomic E-state index is 0.779. The Morgan fingerprint density at radius 1 is 1.10 bits per heavy atom. The van der Waals surface area contributed by atoms with Crippen LogP contribution < -0.4 is 5.32 Å². The molecule has 3 aromatic rings. The summed E-state index contributed by atoms with van der Waals surface area (Å²) in [6.45, 7) is 1.72. The molecule has 0 amide bonds. The Balaban J connectivity index is 2.07. The fourth-order valence-electron chi connectivity index (χ4n) is 2.58. The maximum absolute atomic E-state index is 6.15. The predicted octanol–water partition coefficient (Wildman–Crippen LogP) is 4.06. The molecule has 0 saturated carbocycles. The fraction of sp³-hybridized carbons (Fsp3) is 0.176. The molecule has 0 spiro atoms. The van der Waals surface area contributed by atoms with Gasteiger partial charge in [-0.3, -0.25) is 0 Å². The highest BCUT2D eigenvalue weighted by molar-refractivity contribution is 6.31. The zero-order chi connectivity index (χ0) is 13.9. The molecule has 0 saturated heterocycles. The predicted molar refractivity (Wildman–Crippen MR) is 85.3 cm³/mol. The van der Waals surface area contributed by atoms with E-state index in [1.54, 1.807) is 0 Å². The highest BCUT2D eigenvalue weighted by atomic mass is 35.5. The van der Waals surface area contributed by atoms with Crippen LogP contribution in [0, 0.1) is 0 Å². The summed E-state index contributed by atoms with van der Waals surface area (Å²) in [5, 5.41) is 5.26. The minimum Gasteiger partial charge on any atom is -0.343 e. The van der Waals surface area contributed by atoms with Crippen LogP contribution in [-0.2, 0) is 13.1 Å². The van der Waals surface area contributed by atoms with Gasteiger partial charge in [0.2, 0.25) is 0 Å². The van der Waals surface area contributed by atoms with Gasteiger partial charge in [0.15, 0.2) is 0 Å². The first-order valence-electron chi connectivity index (χ1n) is 6.74. The number of rotatable bonds is 4. The first-order chi connectivity index (χ1) is 9.78. The van der Waals surface area contributed by atoms with Gasteiger partial charge in [-0.15, -0.1) is 0 Å². The average Bonchev–Trinajstić information content (AvgIpc) is 2.78. The molecule has 102 valence electrons. The molecule has 1 aromatic heterocycles. The van der Waals surface area contributed by atoms with Crippen molar-refractivity contribution in [3.05, 3.63) is 70.9 Å². The lowest BCUT2D eigenvalue weighted by Gasteiger charge is -2.05. The van der Waals surface area contributed by atoms with Crippen LogP contribution in [0.15, 0.2) is 54.7 Å². The lowest BCUT2D eigenvalue weighted by atomic mass is 10.2. The van der Waals surface area contributed by atoms with Crippen molar-refractivity contribution in [3.8, 4) is 0 Å². The van der Waals surface area contributed by atoms with Gasteiger partial charge >= 0.3 is 0 Å². The summed E-state index contributed by atoms with van der Waals surface area (Å²) < 4.78 is 2.27. The third kappa shape index (κ3) is 2.58. The zero-order valence-corrected chi connectivity index (χ0v) is 12.2. The summed E-state index contributed by atoms with van der Waals surface area (Å²) in [4.78, 5) is 0. The second-order valence-electron chi connectivity index (χ2n) is 4.96. The van der Waals surface area contributed by atoms with E-state index in [2.05, 4.69) is 46.4 Å². The Kier molecular flexibility index (Phi) is 3.77. The number of nitrogens with one attached hydrogen (secondary N) is 1. The standard InChI is InChI=1S/C17H17ClN2/c1-19-10-14-12-20(11-13-5-3-2-4-6-13)17-9-15(18)7-8-16(14)17/h2-9,12,19H,10-11H2,1H3. The highest BCUT2D eigenvalue weighted by Crippen LogP contribution is 2.25. The molecule has 0 aliphatic heterocycles. The zero-order valence-electron chi connectivity index (χ0n) is 11.4. The van der Waals surface area contributed by atoms with Crippen LogP contribution in [0.5, 0.6) is 0 Å². The number of nitrogens with zero attached hydrogens (tertiary/aromatic N) is 1. The molecular weight excluding hydrogens is 268 g/mol. The smallest absolute Gasteiger partial charge is 0.0501 e. The van der Waals surface area contributed by atoms with E-state index in [4.69, 9.17) is 11.6 Å². The van der Waals surface area contributed by atoms with Crippen LogP contribution in [0.2, 0.25) is 5.02 Å². The Morgan fingerprint density at radius 3 is 2.65 bits per heavy atom. The quantitative estimate of drug-likeness (QED) is 0.764. The van der Waals surface area contributed by atoms with E-state index in [9.17, 15) is 0 Å². The van der Waals surface area contributed by atoms with Gasteiger partial charge in [-0.25, -0.2) is 0 Å². The van der Waals surface area contributed by atoms with Gasteiger partial charge in [-0.1, -0.05) is 48.0 Å². The summed E-state index contributed by atoms with van der Waals surface area (Å²) in [6.07, 6.45) is 2.21. The van der Waals surface area contributed by atoms with Crippen LogP contribution in [-0.4, -0.2) is 11.6 Å². The van der Waals surface area contributed by atoms with Crippen LogP contribution in [0.3, 0.4) is 0 Å². The summed E-state index contributed by atoms with van der Waals surface area (Å²) in [5.74, 6) is 0. The molecule has 3 heteroatoms. The number of hydrogen-bond donors (Lipinski definition) is 1. The van der Waals surface area contributed by atoms with Gasteiger partial charge in [0.25, 0.3) is 0 Å². The topological polar surface area (TPSA) is 17.0 Å². The van der Waals surface area contributed by atoms with Crippen molar-refractivity contribution >= 4 is 22.5 Å². The van der Waals surface area contributed by atoms with Crippen molar-refractivity contribution in [3.63, 3.8) is 0 Å². The van der Waals surface area contributed by atoms with Gasteiger partial charge in [0.1, 0.15) is 0 Å². The van der Waals surface area contributed by atoms with Gasteiger partial charge in [0.05, 0.1) is 5.52 Å². The lowest BCUT2D eigenvalue weighted by Crippen LogP contribution is -2.04. The molecule has 0 fully saturated rings. The maximum Gasteiger partial charge on any atom is 0.0501 e. The Bertz CT molecular complexity index is 716. The van der Waals surface area contributed by atoms with Gasteiger partial charge in [-0.05, 0) is 30.3 Å². The average molecular weight is 285 g/mol. The van der Waals surface area contributed by atoms with E-state index in [-0.39, 0.29) is 0 Å². The third-order valence-electron chi connectivity index (χ3n) is 3.49. The van der Waals surface area contributed by atoms with E-state index in [1.165, 1.54) is 22.0 Å². The first kappa shape index (κ1) is 13.2. The van der Waals surface area contributed by atoms with Crippen molar-refractivity contribution in [1.82, 2.24) is 9.88 Å². The number of benzene rings is 2. The minimum atomic E-state index is 0.779. The van der Waals surface area contributed by atoms with Crippen molar-refractivity contribution in [2.75, 3.05) is 7.05 Å². The van der Waals surface area contributed by atoms with E-state index < -0.39 is 0 Å². The Labute approximate surface area is 124 Å². The number of hydrogen-bond acceptors (Lipinski definition) is 1. The van der Waals surface area contributed by atoms with E-state index in [0.717, 1.165) is 18.1 Å². The fourth-order valence-corrected chi connectivity index (χ4v) is 2.75. The normalized spacial score (nSPS) is 11.1. The highest BCUT2D eigenvalue weighted by Gasteiger charge is 2.08. The second kappa shape index (κ2) is 5.70. The number of fused-ring (bicyclic) bond motifs is 1. The molecule has 2 aromatic carbocycles. The van der Waals surface area contributed by atoms with E-state index >= 15 is 0 Å². The van der Waals surface area contributed by atoms with E-state index in [1.807, 2.05) is 25.2 Å². The number of aromatic nitrogens is 1. The van der Waals surface area contributed by atoms with Crippen molar-refractivity contribution in [1.29, 1.82) is 0 Å². The van der Waals surface area contributed by atoms with Crippen molar-refractivity contribution < 1.29 is 0 Å². The molecule has 0 atom stereocenters. The molecule has 0 unspecified atom stereocenters.